The Morgan fingerprint density at radius 1 is 1.32 bits per heavy atom. The molecule has 1 atom stereocenters. The fourth-order valence-electron chi connectivity index (χ4n) is 2.44. The van der Waals surface area contributed by atoms with Crippen LogP contribution >= 0.6 is 0 Å². The molecule has 0 radical (unpaired) electrons. The Bertz CT molecular complexity index is 413. The average Bonchev–Trinajstić information content (AvgIpc) is 2.89. The molecule has 0 saturated carbocycles. The number of nitrogens with zero attached hydrogens (tertiary/aromatic N) is 1. The molecule has 1 saturated heterocycles. The van der Waals surface area contributed by atoms with E-state index >= 15 is 0 Å². The molecule has 1 fully saturated rings. The van der Waals surface area contributed by atoms with Gasteiger partial charge in [0.05, 0.1) is 0 Å². The van der Waals surface area contributed by atoms with E-state index in [1.165, 1.54) is 50.2 Å². The molecule has 4 heteroatoms. The van der Waals surface area contributed by atoms with Crippen LogP contribution in [0.5, 0.6) is 0 Å². The Morgan fingerprint density at radius 3 is 2.58 bits per heavy atom. The van der Waals surface area contributed by atoms with E-state index in [9.17, 15) is 9.18 Å². The minimum absolute atomic E-state index is 0.131. The number of carbonyl (C=O) groups excluding carboxylic acids is 1. The minimum atomic E-state index is -0.320. The summed E-state index contributed by atoms with van der Waals surface area (Å²) < 4.78 is 12.8. The molecule has 0 aromatic heterocycles. The number of likely N-dealkylation sites (tertiary alicyclic amines) is 1. The molecule has 1 unspecified atom stereocenters. The van der Waals surface area contributed by atoms with Crippen LogP contribution in [0.1, 0.15) is 30.1 Å². The lowest BCUT2D eigenvalue weighted by Crippen LogP contribution is -2.34. The number of hydrogen-bond donors (Lipinski definition) is 1. The molecule has 1 N–H and O–H groups in total. The second-order valence-electron chi connectivity index (χ2n) is 5.33. The van der Waals surface area contributed by atoms with E-state index in [0.717, 1.165) is 6.54 Å². The maximum absolute atomic E-state index is 12.8. The number of hydrogen-bond acceptors (Lipinski definition) is 2. The largest absolute Gasteiger partial charge is 0.352 e. The summed E-state index contributed by atoms with van der Waals surface area (Å²) in [6.07, 6.45) is 2.57. The maximum Gasteiger partial charge on any atom is 0.251 e. The van der Waals surface area contributed by atoms with E-state index in [1.54, 1.807) is 0 Å². The maximum atomic E-state index is 12.8. The summed E-state index contributed by atoms with van der Waals surface area (Å²) in [5.41, 5.74) is 0.509. The molecule has 104 valence electrons. The zero-order chi connectivity index (χ0) is 13.7. The Balaban J connectivity index is 1.74. The first-order valence-electron chi connectivity index (χ1n) is 6.91. The molecule has 3 nitrogen and oxygen atoms in total. The SMILES string of the molecule is CC(CNC(=O)c1ccc(F)cc1)CN1CCCC1. The van der Waals surface area contributed by atoms with Crippen molar-refractivity contribution >= 4 is 5.91 Å². The summed E-state index contributed by atoms with van der Waals surface area (Å²) >= 11 is 0. The van der Waals surface area contributed by atoms with Crippen LogP contribution in [0.15, 0.2) is 24.3 Å². The molecule has 0 spiro atoms. The second-order valence-corrected chi connectivity index (χ2v) is 5.33. The fourth-order valence-corrected chi connectivity index (χ4v) is 2.44. The number of nitrogens with one attached hydrogen (secondary N) is 1. The molecule has 1 aromatic carbocycles. The van der Waals surface area contributed by atoms with Gasteiger partial charge in [0.1, 0.15) is 5.82 Å². The van der Waals surface area contributed by atoms with E-state index in [1.807, 2.05) is 0 Å². The number of amides is 1. The lowest BCUT2D eigenvalue weighted by Gasteiger charge is -2.20. The molecule has 1 aliphatic heterocycles. The molecule has 0 bridgehead atoms. The molecule has 2 rings (SSSR count). The van der Waals surface area contributed by atoms with Crippen LogP contribution in [0.4, 0.5) is 4.39 Å². The Morgan fingerprint density at radius 2 is 1.95 bits per heavy atom. The quantitative estimate of drug-likeness (QED) is 0.885. The van der Waals surface area contributed by atoms with E-state index in [0.29, 0.717) is 18.0 Å². The highest BCUT2D eigenvalue weighted by molar-refractivity contribution is 5.94. The Labute approximate surface area is 113 Å². The first kappa shape index (κ1) is 14.0. The first-order chi connectivity index (χ1) is 9.15. The van der Waals surface area contributed by atoms with Crippen molar-refractivity contribution < 1.29 is 9.18 Å². The van der Waals surface area contributed by atoms with Crippen LogP contribution in [0.25, 0.3) is 0 Å². The van der Waals surface area contributed by atoms with Crippen molar-refractivity contribution in [3.63, 3.8) is 0 Å². The van der Waals surface area contributed by atoms with E-state index < -0.39 is 0 Å². The van der Waals surface area contributed by atoms with Crippen LogP contribution in [-0.2, 0) is 0 Å². The van der Waals surface area contributed by atoms with E-state index in [2.05, 4.69) is 17.1 Å². The van der Waals surface area contributed by atoms with E-state index in [4.69, 9.17) is 0 Å². The van der Waals surface area contributed by atoms with Gasteiger partial charge in [-0.05, 0) is 56.1 Å². The fraction of sp³-hybridized carbons (Fsp3) is 0.533. The van der Waals surface area contributed by atoms with Gasteiger partial charge in [-0.3, -0.25) is 4.79 Å². The Hall–Kier alpha value is -1.42. The Kier molecular flexibility index (Phi) is 4.91. The average molecular weight is 264 g/mol. The van der Waals surface area contributed by atoms with Gasteiger partial charge in [0.25, 0.3) is 5.91 Å². The number of carbonyl (C=O) groups is 1. The van der Waals surface area contributed by atoms with Crippen molar-refractivity contribution in [2.24, 2.45) is 5.92 Å². The zero-order valence-electron chi connectivity index (χ0n) is 11.4. The summed E-state index contributed by atoms with van der Waals surface area (Å²) in [5.74, 6) is -0.0188. The summed E-state index contributed by atoms with van der Waals surface area (Å²) in [6.45, 7) is 6.19. The summed E-state index contributed by atoms with van der Waals surface area (Å²) in [4.78, 5) is 14.3. The smallest absolute Gasteiger partial charge is 0.251 e. The second kappa shape index (κ2) is 6.66. The third-order valence-electron chi connectivity index (χ3n) is 3.49. The molecule has 1 amide bonds. The van der Waals surface area contributed by atoms with Crippen LogP contribution in [0, 0.1) is 11.7 Å². The van der Waals surface area contributed by atoms with Crippen molar-refractivity contribution in [2.45, 2.75) is 19.8 Å². The van der Waals surface area contributed by atoms with Gasteiger partial charge in [-0.2, -0.15) is 0 Å². The lowest BCUT2D eigenvalue weighted by molar-refractivity contribution is 0.0945. The molecule has 0 aliphatic carbocycles. The molecule has 1 aliphatic rings. The molecular weight excluding hydrogens is 243 g/mol. The van der Waals surface area contributed by atoms with Crippen molar-refractivity contribution in [3.8, 4) is 0 Å². The third-order valence-corrected chi connectivity index (χ3v) is 3.49. The highest BCUT2D eigenvalue weighted by atomic mass is 19.1. The highest BCUT2D eigenvalue weighted by Crippen LogP contribution is 2.10. The lowest BCUT2D eigenvalue weighted by atomic mass is 10.1. The van der Waals surface area contributed by atoms with Gasteiger partial charge in [0.15, 0.2) is 0 Å². The van der Waals surface area contributed by atoms with E-state index in [-0.39, 0.29) is 11.7 Å². The summed E-state index contributed by atoms with van der Waals surface area (Å²) in [5, 5.41) is 2.90. The predicted molar refractivity (Wildman–Crippen MR) is 73.6 cm³/mol. The molecule has 1 heterocycles. The zero-order valence-corrected chi connectivity index (χ0v) is 11.4. The highest BCUT2D eigenvalue weighted by Gasteiger charge is 2.15. The van der Waals surface area contributed by atoms with Crippen LogP contribution in [-0.4, -0.2) is 37.0 Å². The van der Waals surface area contributed by atoms with Crippen molar-refractivity contribution in [1.82, 2.24) is 10.2 Å². The van der Waals surface area contributed by atoms with Crippen LogP contribution in [0.2, 0.25) is 0 Å². The number of rotatable bonds is 5. The normalized spacial score (nSPS) is 17.4. The monoisotopic (exact) mass is 264 g/mol. The summed E-state index contributed by atoms with van der Waals surface area (Å²) in [6, 6.07) is 5.64. The molecule has 19 heavy (non-hydrogen) atoms. The number of halogens is 1. The first-order valence-corrected chi connectivity index (χ1v) is 6.91. The van der Waals surface area contributed by atoms with Crippen LogP contribution < -0.4 is 5.32 Å². The van der Waals surface area contributed by atoms with Crippen molar-refractivity contribution in [1.29, 1.82) is 0 Å². The van der Waals surface area contributed by atoms with Crippen molar-refractivity contribution in [3.05, 3.63) is 35.6 Å². The third kappa shape index (κ3) is 4.31. The van der Waals surface area contributed by atoms with Gasteiger partial charge in [0.2, 0.25) is 0 Å². The van der Waals surface area contributed by atoms with Gasteiger partial charge in [-0.1, -0.05) is 6.92 Å². The summed E-state index contributed by atoms with van der Waals surface area (Å²) in [7, 11) is 0. The minimum Gasteiger partial charge on any atom is -0.352 e. The van der Waals surface area contributed by atoms with Gasteiger partial charge < -0.3 is 10.2 Å². The van der Waals surface area contributed by atoms with Gasteiger partial charge >= 0.3 is 0 Å². The molecule has 1 aromatic rings. The van der Waals surface area contributed by atoms with Crippen LogP contribution in [0.3, 0.4) is 0 Å². The van der Waals surface area contributed by atoms with Gasteiger partial charge in [-0.25, -0.2) is 4.39 Å². The predicted octanol–water partition coefficient (Wildman–Crippen LogP) is 2.29. The standard InChI is InChI=1S/C15H21FN2O/c1-12(11-18-8-2-3-9-18)10-17-15(19)13-4-6-14(16)7-5-13/h4-7,12H,2-3,8-11H2,1H3,(H,17,19). The van der Waals surface area contributed by atoms with Gasteiger partial charge in [-0.15, -0.1) is 0 Å². The topological polar surface area (TPSA) is 32.3 Å². The number of benzene rings is 1. The molecular formula is C15H21FN2O. The van der Waals surface area contributed by atoms with Gasteiger partial charge in [0, 0.05) is 18.7 Å². The van der Waals surface area contributed by atoms with Crippen molar-refractivity contribution in [2.75, 3.05) is 26.2 Å².